The molecule has 2 N–H and O–H groups in total. The molecule has 1 unspecified atom stereocenters. The number of carbonyl (C=O) groups is 1. The van der Waals surface area contributed by atoms with Gasteiger partial charge in [0.1, 0.15) is 11.5 Å². The highest BCUT2D eigenvalue weighted by Crippen LogP contribution is 2.17. The molecule has 1 atom stereocenters. The Hall–Kier alpha value is -2.27. The lowest BCUT2D eigenvalue weighted by Gasteiger charge is -2.11. The number of imidazole rings is 1. The molecular formula is C15H15ClN4O. The summed E-state index contributed by atoms with van der Waals surface area (Å²) in [6.45, 7) is 1.89. The van der Waals surface area contributed by atoms with Crippen LogP contribution in [-0.2, 0) is 7.05 Å². The number of fused-ring (bicyclic) bond motifs is 1. The van der Waals surface area contributed by atoms with E-state index < -0.39 is 0 Å². The van der Waals surface area contributed by atoms with Crippen molar-refractivity contribution < 1.29 is 4.79 Å². The number of aromatic nitrogens is 3. The molecule has 6 heteroatoms. The van der Waals surface area contributed by atoms with Gasteiger partial charge in [-0.1, -0.05) is 23.7 Å². The highest BCUT2D eigenvalue weighted by molar-refractivity contribution is 6.31. The van der Waals surface area contributed by atoms with Gasteiger partial charge in [0, 0.05) is 13.2 Å². The maximum absolute atomic E-state index is 12.2. The molecule has 108 valence electrons. The molecule has 2 aromatic heterocycles. The van der Waals surface area contributed by atoms with Crippen molar-refractivity contribution in [2.75, 3.05) is 0 Å². The molecule has 3 rings (SSSR count). The molecule has 0 aliphatic carbocycles. The van der Waals surface area contributed by atoms with E-state index in [9.17, 15) is 4.79 Å². The summed E-state index contributed by atoms with van der Waals surface area (Å²) in [5.41, 5.74) is 2.36. The number of carbonyl (C=O) groups excluding carboxylic acids is 1. The van der Waals surface area contributed by atoms with E-state index >= 15 is 0 Å². The van der Waals surface area contributed by atoms with E-state index in [4.69, 9.17) is 11.6 Å². The minimum atomic E-state index is -0.224. The van der Waals surface area contributed by atoms with Crippen LogP contribution in [0.4, 0.5) is 0 Å². The number of aryl methyl sites for hydroxylation is 1. The third-order valence-electron chi connectivity index (χ3n) is 3.37. The third kappa shape index (κ3) is 2.64. The number of amides is 1. The minimum absolute atomic E-state index is 0.183. The van der Waals surface area contributed by atoms with Crippen LogP contribution in [0.15, 0.2) is 36.5 Å². The Morgan fingerprint density at radius 3 is 2.86 bits per heavy atom. The minimum Gasteiger partial charge on any atom is -0.345 e. The molecule has 5 nitrogen and oxygen atoms in total. The highest BCUT2D eigenvalue weighted by atomic mass is 35.5. The number of hydrogen-bond donors (Lipinski definition) is 2. The topological polar surface area (TPSA) is 62.7 Å². The Kier molecular flexibility index (Phi) is 3.43. The fourth-order valence-electron chi connectivity index (χ4n) is 2.27. The molecule has 1 amide bonds. The fraction of sp³-hybridized carbons (Fsp3) is 0.200. The Morgan fingerprint density at radius 1 is 1.43 bits per heavy atom. The molecule has 0 aliphatic rings. The maximum Gasteiger partial charge on any atom is 0.268 e. The van der Waals surface area contributed by atoms with Crippen LogP contribution in [0.1, 0.15) is 29.3 Å². The van der Waals surface area contributed by atoms with Gasteiger partial charge in [0.25, 0.3) is 5.91 Å². The molecule has 0 saturated carbocycles. The summed E-state index contributed by atoms with van der Waals surface area (Å²) in [5.74, 6) is 0.544. The Labute approximate surface area is 126 Å². The Bertz CT molecular complexity index is 772. The summed E-state index contributed by atoms with van der Waals surface area (Å²) < 4.78 is 1.70. The van der Waals surface area contributed by atoms with E-state index in [1.807, 2.05) is 31.2 Å². The first-order chi connectivity index (χ1) is 10.0. The van der Waals surface area contributed by atoms with Crippen molar-refractivity contribution in [1.29, 1.82) is 0 Å². The second-order valence-corrected chi connectivity index (χ2v) is 5.43. The SMILES string of the molecule is CC(NC(=O)c1cc(Cl)cn1C)c1nc2ccccc2[nH]1. The van der Waals surface area contributed by atoms with Crippen molar-refractivity contribution in [2.24, 2.45) is 7.05 Å². The van der Waals surface area contributed by atoms with Crippen molar-refractivity contribution in [3.63, 3.8) is 0 Å². The average Bonchev–Trinajstić information content (AvgIpc) is 3.01. The van der Waals surface area contributed by atoms with Gasteiger partial charge in [-0.05, 0) is 25.1 Å². The van der Waals surface area contributed by atoms with Crippen LogP contribution < -0.4 is 5.32 Å². The largest absolute Gasteiger partial charge is 0.345 e. The summed E-state index contributed by atoms with van der Waals surface area (Å²) in [5, 5.41) is 3.46. The zero-order valence-electron chi connectivity index (χ0n) is 11.7. The molecular weight excluding hydrogens is 288 g/mol. The van der Waals surface area contributed by atoms with Crippen LogP contribution in [0.25, 0.3) is 11.0 Å². The lowest BCUT2D eigenvalue weighted by molar-refractivity contribution is 0.0930. The van der Waals surface area contributed by atoms with E-state index in [0.29, 0.717) is 10.7 Å². The summed E-state index contributed by atoms with van der Waals surface area (Å²) in [4.78, 5) is 19.9. The molecule has 0 radical (unpaired) electrons. The maximum atomic E-state index is 12.2. The monoisotopic (exact) mass is 302 g/mol. The van der Waals surface area contributed by atoms with Gasteiger partial charge >= 0.3 is 0 Å². The molecule has 0 bridgehead atoms. The number of hydrogen-bond acceptors (Lipinski definition) is 2. The van der Waals surface area contributed by atoms with Gasteiger partial charge in [-0.25, -0.2) is 4.98 Å². The van der Waals surface area contributed by atoms with Crippen molar-refractivity contribution in [2.45, 2.75) is 13.0 Å². The quantitative estimate of drug-likeness (QED) is 0.781. The normalized spacial score (nSPS) is 12.5. The summed E-state index contributed by atoms with van der Waals surface area (Å²) in [7, 11) is 1.78. The van der Waals surface area contributed by atoms with Crippen LogP contribution in [0.2, 0.25) is 5.02 Å². The van der Waals surface area contributed by atoms with Crippen LogP contribution in [0, 0.1) is 0 Å². The summed E-state index contributed by atoms with van der Waals surface area (Å²) >= 11 is 5.90. The van der Waals surface area contributed by atoms with Crippen molar-refractivity contribution in [3.8, 4) is 0 Å². The molecule has 3 aromatic rings. The average molecular weight is 303 g/mol. The molecule has 2 heterocycles. The first-order valence-corrected chi connectivity index (χ1v) is 7.00. The number of benzene rings is 1. The summed E-state index contributed by atoms with van der Waals surface area (Å²) in [6.07, 6.45) is 1.70. The number of H-pyrrole nitrogens is 1. The van der Waals surface area contributed by atoms with Crippen LogP contribution >= 0.6 is 11.6 Å². The number of aromatic amines is 1. The summed E-state index contributed by atoms with van der Waals surface area (Å²) in [6, 6.07) is 9.18. The van der Waals surface area contributed by atoms with Gasteiger partial charge < -0.3 is 14.9 Å². The van der Waals surface area contributed by atoms with Crippen molar-refractivity contribution in [1.82, 2.24) is 19.9 Å². The lowest BCUT2D eigenvalue weighted by Crippen LogP contribution is -2.28. The molecule has 0 aliphatic heterocycles. The number of rotatable bonds is 3. The van der Waals surface area contributed by atoms with E-state index in [0.717, 1.165) is 16.9 Å². The number of nitrogens with zero attached hydrogens (tertiary/aromatic N) is 2. The van der Waals surface area contributed by atoms with Gasteiger partial charge in [0.15, 0.2) is 0 Å². The predicted molar refractivity (Wildman–Crippen MR) is 82.4 cm³/mol. The van der Waals surface area contributed by atoms with Crippen LogP contribution in [-0.4, -0.2) is 20.4 Å². The van der Waals surface area contributed by atoms with Gasteiger partial charge in [-0.2, -0.15) is 0 Å². The van der Waals surface area contributed by atoms with Crippen LogP contribution in [0.3, 0.4) is 0 Å². The third-order valence-corrected chi connectivity index (χ3v) is 3.58. The number of para-hydroxylation sites is 2. The fourth-order valence-corrected chi connectivity index (χ4v) is 2.52. The standard InChI is InChI=1S/C15H15ClN4O/c1-9(14-18-11-5-3-4-6-12(11)19-14)17-15(21)13-7-10(16)8-20(13)2/h3-9H,1-2H3,(H,17,21)(H,18,19). The van der Waals surface area contributed by atoms with E-state index in [1.54, 1.807) is 23.9 Å². The zero-order valence-corrected chi connectivity index (χ0v) is 12.5. The molecule has 1 aromatic carbocycles. The number of nitrogens with one attached hydrogen (secondary N) is 2. The van der Waals surface area contributed by atoms with E-state index in [-0.39, 0.29) is 11.9 Å². The molecule has 21 heavy (non-hydrogen) atoms. The Morgan fingerprint density at radius 2 is 2.19 bits per heavy atom. The second-order valence-electron chi connectivity index (χ2n) is 4.99. The molecule has 0 saturated heterocycles. The predicted octanol–water partition coefficient (Wildman–Crippen LogP) is 3.05. The lowest BCUT2D eigenvalue weighted by atomic mass is 10.3. The highest BCUT2D eigenvalue weighted by Gasteiger charge is 2.17. The van der Waals surface area contributed by atoms with E-state index in [2.05, 4.69) is 15.3 Å². The molecule has 0 fully saturated rings. The van der Waals surface area contributed by atoms with E-state index in [1.165, 1.54) is 0 Å². The zero-order chi connectivity index (χ0) is 15.0. The van der Waals surface area contributed by atoms with Crippen molar-refractivity contribution >= 4 is 28.5 Å². The first-order valence-electron chi connectivity index (χ1n) is 6.62. The number of halogens is 1. The van der Waals surface area contributed by atoms with Gasteiger partial charge in [0.2, 0.25) is 0 Å². The first kappa shape index (κ1) is 13.7. The van der Waals surface area contributed by atoms with Gasteiger partial charge in [-0.15, -0.1) is 0 Å². The molecule has 0 spiro atoms. The smallest absolute Gasteiger partial charge is 0.268 e. The second kappa shape index (κ2) is 5.26. The van der Waals surface area contributed by atoms with Gasteiger partial charge in [-0.3, -0.25) is 4.79 Å². The van der Waals surface area contributed by atoms with Crippen LogP contribution in [0.5, 0.6) is 0 Å². The Balaban J connectivity index is 1.81. The van der Waals surface area contributed by atoms with Crippen molar-refractivity contribution in [3.05, 3.63) is 53.1 Å². The van der Waals surface area contributed by atoms with Gasteiger partial charge in [0.05, 0.1) is 22.1 Å².